The number of hydrogen-bond acceptors (Lipinski definition) is 5. The molecule has 1 saturated heterocycles. The van der Waals surface area contributed by atoms with Crippen molar-refractivity contribution < 1.29 is 5.11 Å². The third-order valence-corrected chi connectivity index (χ3v) is 3.89. The molecule has 5 nitrogen and oxygen atoms in total. The quantitative estimate of drug-likeness (QED) is 0.818. The Balaban J connectivity index is 1.88. The maximum atomic E-state index is 11.7. The second-order valence-electron chi connectivity index (χ2n) is 4.33. The largest absolute Gasteiger partial charge is 0.392 e. The molecule has 90 valence electrons. The summed E-state index contributed by atoms with van der Waals surface area (Å²) in [5, 5.41) is 11.3. The molecule has 0 amide bonds. The zero-order valence-electron chi connectivity index (χ0n) is 9.22. The van der Waals surface area contributed by atoms with Crippen LogP contribution >= 0.6 is 11.3 Å². The SMILES string of the molecule is O=c1[nH]c(CN2CC[C@@H](O)C2)nc2ccsc12. The van der Waals surface area contributed by atoms with Crippen molar-refractivity contribution in [3.8, 4) is 0 Å². The monoisotopic (exact) mass is 251 g/mol. The Morgan fingerprint density at radius 3 is 3.29 bits per heavy atom. The summed E-state index contributed by atoms with van der Waals surface area (Å²) in [6.45, 7) is 2.11. The second kappa shape index (κ2) is 4.21. The molecule has 0 unspecified atom stereocenters. The fourth-order valence-electron chi connectivity index (χ4n) is 2.16. The van der Waals surface area contributed by atoms with E-state index in [2.05, 4.69) is 14.9 Å². The summed E-state index contributed by atoms with van der Waals surface area (Å²) >= 11 is 1.41. The molecule has 2 aromatic heterocycles. The molecular weight excluding hydrogens is 238 g/mol. The third-order valence-electron chi connectivity index (χ3n) is 2.98. The van der Waals surface area contributed by atoms with Gasteiger partial charge in [0.05, 0.1) is 18.2 Å². The zero-order chi connectivity index (χ0) is 11.8. The second-order valence-corrected chi connectivity index (χ2v) is 5.24. The van der Waals surface area contributed by atoms with E-state index in [9.17, 15) is 9.90 Å². The van der Waals surface area contributed by atoms with Crippen LogP contribution in [0, 0.1) is 0 Å². The summed E-state index contributed by atoms with van der Waals surface area (Å²) < 4.78 is 0.676. The van der Waals surface area contributed by atoms with Crippen molar-refractivity contribution in [2.75, 3.05) is 13.1 Å². The number of aromatic amines is 1. The minimum absolute atomic E-state index is 0.0697. The van der Waals surface area contributed by atoms with Crippen LogP contribution in [0.5, 0.6) is 0 Å². The summed E-state index contributed by atoms with van der Waals surface area (Å²) in [7, 11) is 0. The van der Waals surface area contributed by atoms with Gasteiger partial charge in [0, 0.05) is 13.1 Å². The number of aliphatic hydroxyl groups is 1. The smallest absolute Gasteiger partial charge is 0.268 e. The number of likely N-dealkylation sites (tertiary alicyclic amines) is 1. The Kier molecular flexibility index (Phi) is 2.70. The van der Waals surface area contributed by atoms with E-state index in [1.807, 2.05) is 11.4 Å². The molecule has 1 aliphatic heterocycles. The van der Waals surface area contributed by atoms with E-state index in [-0.39, 0.29) is 11.7 Å². The van der Waals surface area contributed by atoms with Gasteiger partial charge in [0.2, 0.25) is 0 Å². The van der Waals surface area contributed by atoms with E-state index in [4.69, 9.17) is 0 Å². The lowest BCUT2D eigenvalue weighted by Gasteiger charge is -2.13. The summed E-state index contributed by atoms with van der Waals surface area (Å²) in [4.78, 5) is 21.1. The predicted octanol–water partition coefficient (Wildman–Crippen LogP) is 0.551. The highest BCUT2D eigenvalue weighted by Gasteiger charge is 2.20. The molecule has 0 bridgehead atoms. The topological polar surface area (TPSA) is 69.2 Å². The standard InChI is InChI=1S/C11H13N3O2S/c15-7-1-3-14(5-7)6-9-12-8-2-4-17-10(8)11(16)13-9/h2,4,7,15H,1,3,5-6H2,(H,12,13,16)/t7-/m1/s1. The molecule has 3 rings (SSSR count). The lowest BCUT2D eigenvalue weighted by Crippen LogP contribution is -2.24. The van der Waals surface area contributed by atoms with Crippen molar-refractivity contribution in [2.45, 2.75) is 19.1 Å². The van der Waals surface area contributed by atoms with Gasteiger partial charge in [-0.15, -0.1) is 11.3 Å². The van der Waals surface area contributed by atoms with E-state index in [0.717, 1.165) is 18.5 Å². The molecule has 1 atom stereocenters. The minimum atomic E-state index is -0.244. The molecule has 1 fully saturated rings. The van der Waals surface area contributed by atoms with Crippen molar-refractivity contribution in [2.24, 2.45) is 0 Å². The molecule has 0 spiro atoms. The van der Waals surface area contributed by atoms with E-state index in [1.54, 1.807) is 0 Å². The van der Waals surface area contributed by atoms with Crippen LogP contribution in [0.15, 0.2) is 16.2 Å². The lowest BCUT2D eigenvalue weighted by molar-refractivity contribution is 0.174. The van der Waals surface area contributed by atoms with Crippen LogP contribution in [0.2, 0.25) is 0 Å². The van der Waals surface area contributed by atoms with Gasteiger partial charge in [-0.1, -0.05) is 0 Å². The van der Waals surface area contributed by atoms with Crippen molar-refractivity contribution in [3.05, 3.63) is 27.6 Å². The highest BCUT2D eigenvalue weighted by Crippen LogP contribution is 2.15. The molecule has 0 saturated carbocycles. The van der Waals surface area contributed by atoms with Gasteiger partial charge in [-0.3, -0.25) is 9.69 Å². The average molecular weight is 251 g/mol. The van der Waals surface area contributed by atoms with Crippen molar-refractivity contribution >= 4 is 21.6 Å². The molecule has 2 N–H and O–H groups in total. The highest BCUT2D eigenvalue weighted by molar-refractivity contribution is 7.17. The van der Waals surface area contributed by atoms with Gasteiger partial charge in [0.15, 0.2) is 0 Å². The Morgan fingerprint density at radius 2 is 2.53 bits per heavy atom. The molecule has 17 heavy (non-hydrogen) atoms. The first-order valence-corrected chi connectivity index (χ1v) is 6.47. The van der Waals surface area contributed by atoms with Gasteiger partial charge in [-0.05, 0) is 17.9 Å². The molecule has 2 aromatic rings. The van der Waals surface area contributed by atoms with E-state index in [0.29, 0.717) is 23.6 Å². The number of nitrogens with zero attached hydrogens (tertiary/aromatic N) is 2. The van der Waals surface area contributed by atoms with Crippen LogP contribution in [0.1, 0.15) is 12.2 Å². The van der Waals surface area contributed by atoms with Gasteiger partial charge in [-0.2, -0.15) is 0 Å². The van der Waals surface area contributed by atoms with Gasteiger partial charge in [0.25, 0.3) is 5.56 Å². The normalized spacial score (nSPS) is 21.4. The van der Waals surface area contributed by atoms with E-state index in [1.165, 1.54) is 11.3 Å². The first-order valence-electron chi connectivity index (χ1n) is 5.59. The number of thiophene rings is 1. The third kappa shape index (κ3) is 2.11. The molecular formula is C11H13N3O2S. The first kappa shape index (κ1) is 10.9. The number of nitrogens with one attached hydrogen (secondary N) is 1. The van der Waals surface area contributed by atoms with Crippen LogP contribution in [0.4, 0.5) is 0 Å². The maximum Gasteiger partial charge on any atom is 0.268 e. The van der Waals surface area contributed by atoms with Crippen LogP contribution in [0.25, 0.3) is 10.2 Å². The number of H-pyrrole nitrogens is 1. The fraction of sp³-hybridized carbons (Fsp3) is 0.455. The number of aliphatic hydroxyl groups excluding tert-OH is 1. The molecule has 1 aliphatic rings. The maximum absolute atomic E-state index is 11.7. The number of β-amino-alcohol motifs (C(OH)–C–C–N with tert-alkyl or cyclic N) is 1. The van der Waals surface area contributed by atoms with Crippen LogP contribution < -0.4 is 5.56 Å². The Morgan fingerprint density at radius 1 is 1.65 bits per heavy atom. The zero-order valence-corrected chi connectivity index (χ0v) is 10.0. The minimum Gasteiger partial charge on any atom is -0.392 e. The average Bonchev–Trinajstić information content (AvgIpc) is 2.87. The van der Waals surface area contributed by atoms with Gasteiger partial charge in [-0.25, -0.2) is 4.98 Å². The molecule has 0 aromatic carbocycles. The lowest BCUT2D eigenvalue weighted by atomic mass is 10.3. The summed E-state index contributed by atoms with van der Waals surface area (Å²) in [5.74, 6) is 0.676. The number of hydrogen-bond donors (Lipinski definition) is 2. The summed E-state index contributed by atoms with van der Waals surface area (Å²) in [6.07, 6.45) is 0.553. The molecule has 0 radical (unpaired) electrons. The van der Waals surface area contributed by atoms with Gasteiger partial charge < -0.3 is 10.1 Å². The summed E-state index contributed by atoms with van der Waals surface area (Å²) in [5.41, 5.74) is 0.688. The van der Waals surface area contributed by atoms with Crippen LogP contribution in [0.3, 0.4) is 0 Å². The van der Waals surface area contributed by atoms with Gasteiger partial charge in [0.1, 0.15) is 10.5 Å². The van der Waals surface area contributed by atoms with E-state index >= 15 is 0 Å². The van der Waals surface area contributed by atoms with Crippen LogP contribution in [-0.2, 0) is 6.54 Å². The Labute approximate surface area is 102 Å². The van der Waals surface area contributed by atoms with Crippen molar-refractivity contribution in [1.29, 1.82) is 0 Å². The molecule has 6 heteroatoms. The fourth-order valence-corrected chi connectivity index (χ4v) is 2.89. The van der Waals surface area contributed by atoms with Crippen molar-refractivity contribution in [1.82, 2.24) is 14.9 Å². The van der Waals surface area contributed by atoms with E-state index < -0.39 is 0 Å². The Hall–Kier alpha value is -1.24. The number of rotatable bonds is 2. The molecule has 0 aliphatic carbocycles. The van der Waals surface area contributed by atoms with Crippen LogP contribution in [-0.4, -0.2) is 39.2 Å². The first-order chi connectivity index (χ1) is 8.22. The molecule has 3 heterocycles. The number of fused-ring (bicyclic) bond motifs is 1. The Bertz CT molecular complexity index is 592. The van der Waals surface area contributed by atoms with Crippen molar-refractivity contribution in [3.63, 3.8) is 0 Å². The van der Waals surface area contributed by atoms with Gasteiger partial charge >= 0.3 is 0 Å². The summed E-state index contributed by atoms with van der Waals surface area (Å²) in [6, 6.07) is 1.86. The predicted molar refractivity (Wildman–Crippen MR) is 66.1 cm³/mol. The highest BCUT2D eigenvalue weighted by atomic mass is 32.1. The number of aromatic nitrogens is 2.